The van der Waals surface area contributed by atoms with E-state index in [0.717, 1.165) is 11.4 Å². The molecule has 0 radical (unpaired) electrons. The third kappa shape index (κ3) is 5.92. The monoisotopic (exact) mass is 294 g/mol. The molecule has 0 saturated carbocycles. The van der Waals surface area contributed by atoms with Crippen LogP contribution >= 0.6 is 12.2 Å². The Morgan fingerprint density at radius 3 is 2.40 bits per heavy atom. The quantitative estimate of drug-likeness (QED) is 0.447. The van der Waals surface area contributed by atoms with E-state index in [0.29, 0.717) is 29.5 Å². The summed E-state index contributed by atoms with van der Waals surface area (Å²) in [5, 5.41) is 9.40. The van der Waals surface area contributed by atoms with Crippen LogP contribution in [-0.2, 0) is 0 Å². The lowest BCUT2D eigenvalue weighted by atomic mass is 10.2. The summed E-state index contributed by atoms with van der Waals surface area (Å²) in [7, 11) is 1.75. The van der Waals surface area contributed by atoms with E-state index >= 15 is 0 Å². The Kier molecular flexibility index (Phi) is 6.30. The van der Waals surface area contributed by atoms with Gasteiger partial charge in [-0.05, 0) is 38.0 Å². The van der Waals surface area contributed by atoms with Gasteiger partial charge in [0, 0.05) is 25.0 Å². The third-order valence-electron chi connectivity index (χ3n) is 2.29. The minimum atomic E-state index is 0.455. The summed E-state index contributed by atoms with van der Waals surface area (Å²) in [4.78, 5) is 13.1. The molecule has 0 bridgehead atoms. The second-order valence-electron chi connectivity index (χ2n) is 4.89. The summed E-state index contributed by atoms with van der Waals surface area (Å²) in [6, 6.07) is 1.92. The first-order valence-corrected chi connectivity index (χ1v) is 6.94. The van der Waals surface area contributed by atoms with Crippen molar-refractivity contribution >= 4 is 29.2 Å². The van der Waals surface area contributed by atoms with E-state index in [4.69, 9.17) is 12.2 Å². The smallest absolute Gasteiger partial charge is 0.229 e. The van der Waals surface area contributed by atoms with E-state index in [2.05, 4.69) is 44.8 Å². The maximum atomic E-state index is 5.10. The van der Waals surface area contributed by atoms with Crippen molar-refractivity contribution in [2.75, 3.05) is 18.9 Å². The van der Waals surface area contributed by atoms with Crippen LogP contribution in [0.1, 0.15) is 25.2 Å². The van der Waals surface area contributed by atoms with Gasteiger partial charge in [-0.15, -0.1) is 0 Å². The van der Waals surface area contributed by atoms with Crippen LogP contribution in [0.5, 0.6) is 0 Å². The van der Waals surface area contributed by atoms with E-state index in [-0.39, 0.29) is 0 Å². The number of guanidine groups is 1. The Morgan fingerprint density at radius 1 is 1.30 bits per heavy atom. The van der Waals surface area contributed by atoms with Gasteiger partial charge in [-0.2, -0.15) is 0 Å². The van der Waals surface area contributed by atoms with Crippen molar-refractivity contribution in [1.29, 1.82) is 0 Å². The van der Waals surface area contributed by atoms with Crippen LogP contribution in [0, 0.1) is 19.8 Å². The van der Waals surface area contributed by atoms with Gasteiger partial charge >= 0.3 is 0 Å². The van der Waals surface area contributed by atoms with E-state index in [1.54, 1.807) is 7.05 Å². The molecule has 0 spiro atoms. The number of aliphatic imine (C=N–C) groups is 1. The molecule has 1 aromatic rings. The van der Waals surface area contributed by atoms with Gasteiger partial charge in [0.2, 0.25) is 11.9 Å². The van der Waals surface area contributed by atoms with Gasteiger partial charge < -0.3 is 10.6 Å². The second-order valence-corrected chi connectivity index (χ2v) is 5.29. The number of anilines is 1. The molecule has 1 rings (SSSR count). The predicted octanol–water partition coefficient (Wildman–Crippen LogP) is 1.61. The molecular weight excluding hydrogens is 272 g/mol. The second kappa shape index (κ2) is 7.74. The van der Waals surface area contributed by atoms with E-state index < -0.39 is 0 Å². The van der Waals surface area contributed by atoms with Gasteiger partial charge in [-0.1, -0.05) is 13.8 Å². The molecule has 0 amide bonds. The Bertz CT molecular complexity index is 477. The summed E-state index contributed by atoms with van der Waals surface area (Å²) in [5.41, 5.74) is 1.80. The number of aromatic nitrogens is 2. The highest BCUT2D eigenvalue weighted by Gasteiger charge is 2.06. The summed E-state index contributed by atoms with van der Waals surface area (Å²) >= 11 is 5.10. The first-order chi connectivity index (χ1) is 9.40. The largest absolute Gasteiger partial charge is 0.365 e. The standard InChI is InChI=1S/C13H22N6S/c1-8(2)7-15-11(19-13(20)14-5)18-12-16-9(3)6-10(4)17-12/h6,8H,7H2,1-5H3,(H3,14,15,16,17,18,19,20). The van der Waals surface area contributed by atoms with E-state index in [9.17, 15) is 0 Å². The molecule has 0 atom stereocenters. The van der Waals surface area contributed by atoms with Crippen LogP contribution in [0.15, 0.2) is 11.1 Å². The average molecular weight is 294 g/mol. The first-order valence-electron chi connectivity index (χ1n) is 6.53. The topological polar surface area (TPSA) is 74.2 Å². The molecule has 6 nitrogen and oxygen atoms in total. The molecule has 110 valence electrons. The number of hydrogen-bond donors (Lipinski definition) is 3. The molecule has 3 N–H and O–H groups in total. The highest BCUT2D eigenvalue weighted by atomic mass is 32.1. The van der Waals surface area contributed by atoms with Crippen LogP contribution in [0.25, 0.3) is 0 Å². The maximum Gasteiger partial charge on any atom is 0.229 e. The van der Waals surface area contributed by atoms with Crippen LogP contribution < -0.4 is 16.0 Å². The zero-order chi connectivity index (χ0) is 15.1. The molecule has 20 heavy (non-hydrogen) atoms. The number of nitrogens with zero attached hydrogens (tertiary/aromatic N) is 3. The maximum absolute atomic E-state index is 5.10. The fourth-order valence-electron chi connectivity index (χ4n) is 1.44. The number of rotatable bonds is 3. The summed E-state index contributed by atoms with van der Waals surface area (Å²) in [5.74, 6) is 1.51. The average Bonchev–Trinajstić information content (AvgIpc) is 2.34. The van der Waals surface area contributed by atoms with Gasteiger partial charge in [-0.25, -0.2) is 9.97 Å². The van der Waals surface area contributed by atoms with Gasteiger partial charge in [0.1, 0.15) is 0 Å². The Balaban J connectivity index is 2.87. The highest BCUT2D eigenvalue weighted by molar-refractivity contribution is 7.80. The lowest BCUT2D eigenvalue weighted by Gasteiger charge is -2.13. The van der Waals surface area contributed by atoms with Gasteiger partial charge in [-0.3, -0.25) is 10.3 Å². The normalized spacial score (nSPS) is 11.4. The van der Waals surface area contributed by atoms with Crippen molar-refractivity contribution < 1.29 is 0 Å². The number of aryl methyl sites for hydroxylation is 2. The SMILES string of the molecule is CNC(=S)NC(=NCC(C)C)Nc1nc(C)cc(C)n1. The van der Waals surface area contributed by atoms with Crippen molar-refractivity contribution in [1.82, 2.24) is 20.6 Å². The molecule has 0 aliphatic rings. The Morgan fingerprint density at radius 2 is 1.90 bits per heavy atom. The minimum Gasteiger partial charge on any atom is -0.365 e. The summed E-state index contributed by atoms with van der Waals surface area (Å²) < 4.78 is 0. The zero-order valence-corrected chi connectivity index (χ0v) is 13.4. The first kappa shape index (κ1) is 16.3. The number of hydrogen-bond acceptors (Lipinski definition) is 4. The summed E-state index contributed by atoms with van der Waals surface area (Å²) in [6.45, 7) is 8.75. The number of nitrogens with one attached hydrogen (secondary N) is 3. The van der Waals surface area contributed by atoms with Crippen LogP contribution in [-0.4, -0.2) is 34.6 Å². The zero-order valence-electron chi connectivity index (χ0n) is 12.6. The van der Waals surface area contributed by atoms with Gasteiger partial charge in [0.25, 0.3) is 0 Å². The van der Waals surface area contributed by atoms with E-state index in [1.165, 1.54) is 0 Å². The van der Waals surface area contributed by atoms with Crippen LogP contribution in [0.2, 0.25) is 0 Å². The third-order valence-corrected chi connectivity index (χ3v) is 2.59. The van der Waals surface area contributed by atoms with Gasteiger partial charge in [0.15, 0.2) is 5.11 Å². The fourth-order valence-corrected chi connectivity index (χ4v) is 1.54. The van der Waals surface area contributed by atoms with Gasteiger partial charge in [0.05, 0.1) is 0 Å². The van der Waals surface area contributed by atoms with Crippen LogP contribution in [0.3, 0.4) is 0 Å². The Hall–Kier alpha value is -1.76. The van der Waals surface area contributed by atoms with Crippen molar-refractivity contribution in [2.45, 2.75) is 27.7 Å². The molecule has 1 aromatic heterocycles. The molecule has 0 fully saturated rings. The lowest BCUT2D eigenvalue weighted by Crippen LogP contribution is -2.41. The molecule has 0 aromatic carbocycles. The Labute approximate surface area is 125 Å². The lowest BCUT2D eigenvalue weighted by molar-refractivity contribution is 0.664. The van der Waals surface area contributed by atoms with Crippen molar-refractivity contribution in [2.24, 2.45) is 10.9 Å². The van der Waals surface area contributed by atoms with Crippen molar-refractivity contribution in [3.63, 3.8) is 0 Å². The highest BCUT2D eigenvalue weighted by Crippen LogP contribution is 2.03. The van der Waals surface area contributed by atoms with E-state index in [1.807, 2.05) is 19.9 Å². The molecule has 0 unspecified atom stereocenters. The minimum absolute atomic E-state index is 0.455. The molecule has 0 aliphatic carbocycles. The molecular formula is C13H22N6S. The molecule has 7 heteroatoms. The van der Waals surface area contributed by atoms with Crippen molar-refractivity contribution in [3.05, 3.63) is 17.5 Å². The van der Waals surface area contributed by atoms with Crippen molar-refractivity contribution in [3.8, 4) is 0 Å². The van der Waals surface area contributed by atoms with Crippen LogP contribution in [0.4, 0.5) is 5.95 Å². The fraction of sp³-hybridized carbons (Fsp3) is 0.538. The molecule has 0 saturated heterocycles. The number of thiocarbonyl (C=S) groups is 1. The molecule has 0 aliphatic heterocycles. The summed E-state index contributed by atoms with van der Waals surface area (Å²) in [6.07, 6.45) is 0. The molecule has 1 heterocycles. The predicted molar refractivity (Wildman–Crippen MR) is 87.1 cm³/mol.